The van der Waals surface area contributed by atoms with Crippen molar-refractivity contribution in [2.45, 2.75) is 57.3 Å². The summed E-state index contributed by atoms with van der Waals surface area (Å²) >= 11 is 0. The number of hydrogen-bond acceptors (Lipinski definition) is 0. The van der Waals surface area contributed by atoms with Crippen LogP contribution in [0.1, 0.15) is 68.6 Å². The van der Waals surface area contributed by atoms with Gasteiger partial charge in [0.2, 0.25) is 0 Å². The van der Waals surface area contributed by atoms with Crippen molar-refractivity contribution in [2.75, 3.05) is 0 Å². The average molecular weight is 310 g/mol. The molecule has 0 N–H and O–H groups in total. The molecule has 1 aliphatic rings. The number of rotatable bonds is 3. The molecule has 0 nitrogen and oxygen atoms in total. The predicted octanol–water partition coefficient (Wildman–Crippen LogP) is 5.56. The Morgan fingerprint density at radius 1 is 0.864 bits per heavy atom. The molecular formula is C21H27P. The minimum atomic E-state index is 0.214. The van der Waals surface area contributed by atoms with Gasteiger partial charge < -0.3 is 0 Å². The van der Waals surface area contributed by atoms with E-state index in [0.29, 0.717) is 5.92 Å². The second-order valence-electron chi connectivity index (χ2n) is 7.01. The second-order valence-corrected chi connectivity index (χ2v) is 7.63. The molecule has 1 saturated carbocycles. The zero-order chi connectivity index (χ0) is 15.6. The Kier molecular flexibility index (Phi) is 4.69. The summed E-state index contributed by atoms with van der Waals surface area (Å²) in [7, 11) is 2.95. The quantitative estimate of drug-likeness (QED) is 0.651. The third-order valence-electron chi connectivity index (χ3n) is 5.31. The maximum Gasteiger partial charge on any atom is 0.0209 e. The van der Waals surface area contributed by atoms with Gasteiger partial charge in [0.05, 0.1) is 0 Å². The third kappa shape index (κ3) is 2.86. The highest BCUT2D eigenvalue weighted by Gasteiger charge is 2.36. The Morgan fingerprint density at radius 2 is 1.50 bits per heavy atom. The van der Waals surface area contributed by atoms with E-state index in [2.05, 4.69) is 71.6 Å². The van der Waals surface area contributed by atoms with E-state index in [4.69, 9.17) is 0 Å². The Labute approximate surface area is 137 Å². The van der Waals surface area contributed by atoms with Gasteiger partial charge in [0, 0.05) is 5.41 Å². The molecule has 2 aromatic rings. The molecule has 0 spiro atoms. The van der Waals surface area contributed by atoms with Gasteiger partial charge in [-0.1, -0.05) is 81.6 Å². The van der Waals surface area contributed by atoms with Crippen molar-refractivity contribution in [3.8, 4) is 0 Å². The molecule has 0 radical (unpaired) electrons. The molecule has 1 aliphatic carbocycles. The summed E-state index contributed by atoms with van der Waals surface area (Å²) in [6.45, 7) is 4.53. The van der Waals surface area contributed by atoms with Crippen LogP contribution in [-0.2, 0) is 5.41 Å². The van der Waals surface area contributed by atoms with Crippen LogP contribution in [0.25, 0.3) is 0 Å². The van der Waals surface area contributed by atoms with Gasteiger partial charge in [-0.25, -0.2) is 0 Å². The average Bonchev–Trinajstić information content (AvgIpc) is 2.56. The normalized spacial score (nSPS) is 17.6. The molecule has 3 rings (SSSR count). The maximum absolute atomic E-state index is 2.95. The van der Waals surface area contributed by atoms with Crippen molar-refractivity contribution < 1.29 is 0 Å². The fourth-order valence-electron chi connectivity index (χ4n) is 3.99. The van der Waals surface area contributed by atoms with Crippen molar-refractivity contribution >= 4 is 14.5 Å². The maximum atomic E-state index is 2.95. The molecule has 0 aliphatic heterocycles. The molecule has 0 amide bonds. The minimum Gasteiger partial charge on any atom is -0.105 e. The van der Waals surface area contributed by atoms with Crippen molar-refractivity contribution in [3.63, 3.8) is 0 Å². The Hall–Kier alpha value is -1.13. The number of benzene rings is 2. The summed E-state index contributed by atoms with van der Waals surface area (Å²) < 4.78 is 0. The van der Waals surface area contributed by atoms with E-state index >= 15 is 0 Å². The van der Waals surface area contributed by atoms with Gasteiger partial charge in [-0.3, -0.25) is 0 Å². The topological polar surface area (TPSA) is 0 Å². The van der Waals surface area contributed by atoms with Gasteiger partial charge in [0.25, 0.3) is 0 Å². The van der Waals surface area contributed by atoms with Crippen LogP contribution in [0.5, 0.6) is 0 Å². The summed E-state index contributed by atoms with van der Waals surface area (Å²) in [5.74, 6) is 0.602. The summed E-state index contributed by atoms with van der Waals surface area (Å²) in [6, 6.07) is 18.4. The molecule has 1 unspecified atom stereocenters. The standard InChI is InChI=1S/C21H27P/c1-16(2)17-10-12-18(13-11-17)21(14-6-3-7-15-21)19-8-4-5-9-20(19)22/h4-5,8-13,16H,3,6-7,14-15,22H2,1-2H3. The highest BCUT2D eigenvalue weighted by molar-refractivity contribution is 7.27. The fraction of sp³-hybridized carbons (Fsp3) is 0.429. The highest BCUT2D eigenvalue weighted by Crippen LogP contribution is 2.44. The molecule has 116 valence electrons. The lowest BCUT2D eigenvalue weighted by atomic mass is 9.65. The van der Waals surface area contributed by atoms with E-state index in [-0.39, 0.29) is 5.41 Å². The van der Waals surface area contributed by atoms with Gasteiger partial charge in [-0.05, 0) is 40.8 Å². The molecule has 1 atom stereocenters. The van der Waals surface area contributed by atoms with E-state index in [9.17, 15) is 0 Å². The lowest BCUT2D eigenvalue weighted by Gasteiger charge is -2.39. The first-order valence-electron chi connectivity index (χ1n) is 8.59. The van der Waals surface area contributed by atoms with Crippen LogP contribution < -0.4 is 5.30 Å². The van der Waals surface area contributed by atoms with Crippen LogP contribution in [0, 0.1) is 0 Å². The van der Waals surface area contributed by atoms with Gasteiger partial charge in [-0.15, -0.1) is 9.24 Å². The molecule has 0 heterocycles. The molecule has 1 heteroatoms. The Bertz CT molecular complexity index is 619. The smallest absolute Gasteiger partial charge is 0.0209 e. The lowest BCUT2D eigenvalue weighted by molar-refractivity contribution is 0.347. The van der Waals surface area contributed by atoms with Gasteiger partial charge in [0.15, 0.2) is 0 Å². The van der Waals surface area contributed by atoms with Gasteiger partial charge >= 0.3 is 0 Å². The highest BCUT2D eigenvalue weighted by atomic mass is 31.0. The Morgan fingerprint density at radius 3 is 2.09 bits per heavy atom. The van der Waals surface area contributed by atoms with Gasteiger partial charge in [-0.2, -0.15) is 0 Å². The van der Waals surface area contributed by atoms with Crippen LogP contribution in [0.3, 0.4) is 0 Å². The zero-order valence-electron chi connectivity index (χ0n) is 13.8. The summed E-state index contributed by atoms with van der Waals surface area (Å²) in [5, 5.41) is 1.36. The first-order chi connectivity index (χ1) is 10.6. The SMILES string of the molecule is CC(C)c1ccc(C2(c3ccccc3P)CCCCC2)cc1. The van der Waals surface area contributed by atoms with E-state index < -0.39 is 0 Å². The summed E-state index contributed by atoms with van der Waals surface area (Å²) in [4.78, 5) is 0. The monoisotopic (exact) mass is 310 g/mol. The van der Waals surface area contributed by atoms with E-state index in [1.807, 2.05) is 0 Å². The van der Waals surface area contributed by atoms with Crippen molar-refractivity contribution in [1.82, 2.24) is 0 Å². The van der Waals surface area contributed by atoms with E-state index in [1.54, 1.807) is 0 Å². The minimum absolute atomic E-state index is 0.214. The fourth-order valence-corrected chi connectivity index (χ4v) is 4.47. The molecule has 22 heavy (non-hydrogen) atoms. The second kappa shape index (κ2) is 6.55. The predicted molar refractivity (Wildman–Crippen MR) is 100 cm³/mol. The van der Waals surface area contributed by atoms with Crippen LogP contribution in [-0.4, -0.2) is 0 Å². The van der Waals surface area contributed by atoms with Crippen molar-refractivity contribution in [3.05, 3.63) is 65.2 Å². The zero-order valence-corrected chi connectivity index (χ0v) is 15.0. The van der Waals surface area contributed by atoms with E-state index in [0.717, 1.165) is 0 Å². The third-order valence-corrected chi connectivity index (χ3v) is 5.82. The molecule has 2 aromatic carbocycles. The molecule has 0 bridgehead atoms. The molecular weight excluding hydrogens is 283 g/mol. The van der Waals surface area contributed by atoms with Crippen LogP contribution in [0.4, 0.5) is 0 Å². The Balaban J connectivity index is 2.08. The first-order valence-corrected chi connectivity index (χ1v) is 9.17. The first kappa shape index (κ1) is 15.8. The van der Waals surface area contributed by atoms with Gasteiger partial charge in [0.1, 0.15) is 0 Å². The molecule has 0 aromatic heterocycles. The van der Waals surface area contributed by atoms with Crippen molar-refractivity contribution in [1.29, 1.82) is 0 Å². The van der Waals surface area contributed by atoms with Crippen LogP contribution in [0.2, 0.25) is 0 Å². The number of hydrogen-bond donors (Lipinski definition) is 0. The largest absolute Gasteiger partial charge is 0.105 e. The molecule has 1 fully saturated rings. The van der Waals surface area contributed by atoms with Crippen molar-refractivity contribution in [2.24, 2.45) is 0 Å². The van der Waals surface area contributed by atoms with Crippen LogP contribution in [0.15, 0.2) is 48.5 Å². The van der Waals surface area contributed by atoms with E-state index in [1.165, 1.54) is 54.1 Å². The van der Waals surface area contributed by atoms with Crippen LogP contribution >= 0.6 is 9.24 Å². The summed E-state index contributed by atoms with van der Waals surface area (Å²) in [5.41, 5.74) is 4.67. The lowest BCUT2D eigenvalue weighted by Crippen LogP contribution is -2.33. The summed E-state index contributed by atoms with van der Waals surface area (Å²) in [6.07, 6.45) is 6.61. The molecule has 0 saturated heterocycles.